The van der Waals surface area contributed by atoms with Gasteiger partial charge in [0, 0.05) is 30.2 Å². The van der Waals surface area contributed by atoms with Crippen LogP contribution in [-0.4, -0.2) is 24.2 Å². The number of rotatable bonds is 5. The third-order valence-corrected chi connectivity index (χ3v) is 4.70. The summed E-state index contributed by atoms with van der Waals surface area (Å²) in [6.45, 7) is 7.80. The molecule has 3 rings (SSSR count). The summed E-state index contributed by atoms with van der Waals surface area (Å²) in [6, 6.07) is 12.1. The fourth-order valence-corrected chi connectivity index (χ4v) is 3.24. The first-order chi connectivity index (χ1) is 12.5. The zero-order chi connectivity index (χ0) is 18.8. The number of fused-ring (bicyclic) bond motifs is 1. The SMILES string of the molecule is CCN(CC)c1ccc2c(C)c(-c3ccc(C(=O)O)cc3)c(=O)oc2c1. The Balaban J connectivity index is 2.15. The molecule has 0 saturated heterocycles. The molecular formula is C21H21NO4. The van der Waals surface area contributed by atoms with E-state index < -0.39 is 11.6 Å². The Morgan fingerprint density at radius 1 is 1.08 bits per heavy atom. The molecule has 0 unspecified atom stereocenters. The second-order valence-corrected chi connectivity index (χ2v) is 6.12. The number of hydrogen-bond donors (Lipinski definition) is 1. The molecule has 1 heterocycles. The lowest BCUT2D eigenvalue weighted by Crippen LogP contribution is -2.21. The van der Waals surface area contributed by atoms with Crippen LogP contribution in [0.5, 0.6) is 0 Å². The predicted molar refractivity (Wildman–Crippen MR) is 103 cm³/mol. The van der Waals surface area contributed by atoms with Crippen molar-refractivity contribution in [2.24, 2.45) is 0 Å². The second-order valence-electron chi connectivity index (χ2n) is 6.12. The Hall–Kier alpha value is -3.08. The topological polar surface area (TPSA) is 70.8 Å². The highest BCUT2D eigenvalue weighted by molar-refractivity contribution is 5.90. The third-order valence-electron chi connectivity index (χ3n) is 4.70. The molecule has 0 saturated carbocycles. The molecule has 5 nitrogen and oxygen atoms in total. The van der Waals surface area contributed by atoms with E-state index >= 15 is 0 Å². The summed E-state index contributed by atoms with van der Waals surface area (Å²) in [5.41, 5.74) is 3.27. The van der Waals surface area contributed by atoms with Crippen molar-refractivity contribution in [2.75, 3.05) is 18.0 Å². The standard InChI is InChI=1S/C21H21NO4/c1-4-22(5-2)16-10-11-17-13(3)19(21(25)26-18(17)12-16)14-6-8-15(9-7-14)20(23)24/h6-12H,4-5H2,1-3H3,(H,23,24). The van der Waals surface area contributed by atoms with Crippen LogP contribution in [0.15, 0.2) is 51.7 Å². The number of aryl methyl sites for hydroxylation is 1. The summed E-state index contributed by atoms with van der Waals surface area (Å²) in [4.78, 5) is 25.8. The molecule has 1 N–H and O–H groups in total. The quantitative estimate of drug-likeness (QED) is 0.694. The van der Waals surface area contributed by atoms with E-state index in [4.69, 9.17) is 9.52 Å². The van der Waals surface area contributed by atoms with E-state index in [9.17, 15) is 9.59 Å². The Bertz CT molecular complexity index is 1010. The van der Waals surface area contributed by atoms with E-state index in [1.54, 1.807) is 12.1 Å². The molecule has 0 aliphatic heterocycles. The van der Waals surface area contributed by atoms with Crippen molar-refractivity contribution >= 4 is 22.6 Å². The Kier molecular flexibility index (Phi) is 4.80. The third kappa shape index (κ3) is 3.08. The zero-order valence-electron chi connectivity index (χ0n) is 15.1. The summed E-state index contributed by atoms with van der Waals surface area (Å²) < 4.78 is 5.59. The van der Waals surface area contributed by atoms with Gasteiger partial charge in [-0.3, -0.25) is 0 Å². The minimum absolute atomic E-state index is 0.181. The fraction of sp³-hybridized carbons (Fsp3) is 0.238. The molecule has 0 aliphatic rings. The monoisotopic (exact) mass is 351 g/mol. The first-order valence-corrected chi connectivity index (χ1v) is 8.62. The van der Waals surface area contributed by atoms with Gasteiger partial charge >= 0.3 is 11.6 Å². The maximum absolute atomic E-state index is 12.6. The van der Waals surface area contributed by atoms with Crippen LogP contribution in [0.2, 0.25) is 0 Å². The molecular weight excluding hydrogens is 330 g/mol. The molecule has 0 amide bonds. The zero-order valence-corrected chi connectivity index (χ0v) is 15.1. The number of carboxylic acids is 1. The van der Waals surface area contributed by atoms with Crippen molar-refractivity contribution in [3.8, 4) is 11.1 Å². The normalized spacial score (nSPS) is 10.9. The van der Waals surface area contributed by atoms with Crippen molar-refractivity contribution < 1.29 is 14.3 Å². The van der Waals surface area contributed by atoms with Crippen LogP contribution in [-0.2, 0) is 0 Å². The van der Waals surface area contributed by atoms with Crippen molar-refractivity contribution in [2.45, 2.75) is 20.8 Å². The van der Waals surface area contributed by atoms with Crippen LogP contribution in [0.1, 0.15) is 29.8 Å². The fourth-order valence-electron chi connectivity index (χ4n) is 3.24. The molecule has 1 aromatic heterocycles. The summed E-state index contributed by atoms with van der Waals surface area (Å²) in [7, 11) is 0. The van der Waals surface area contributed by atoms with Crippen molar-refractivity contribution in [1.29, 1.82) is 0 Å². The van der Waals surface area contributed by atoms with Gasteiger partial charge in [-0.15, -0.1) is 0 Å². The average molecular weight is 351 g/mol. The van der Waals surface area contributed by atoms with Crippen molar-refractivity contribution in [3.63, 3.8) is 0 Å². The smallest absolute Gasteiger partial charge is 0.344 e. The highest BCUT2D eigenvalue weighted by Crippen LogP contribution is 2.29. The lowest BCUT2D eigenvalue weighted by atomic mass is 9.98. The van der Waals surface area contributed by atoms with Gasteiger partial charge in [0.15, 0.2) is 0 Å². The van der Waals surface area contributed by atoms with E-state index in [1.807, 2.05) is 25.1 Å². The Morgan fingerprint density at radius 2 is 1.73 bits per heavy atom. The van der Waals surface area contributed by atoms with Crippen molar-refractivity contribution in [1.82, 2.24) is 0 Å². The Morgan fingerprint density at radius 3 is 2.31 bits per heavy atom. The van der Waals surface area contributed by atoms with E-state index in [0.29, 0.717) is 16.7 Å². The van der Waals surface area contributed by atoms with Crippen LogP contribution < -0.4 is 10.5 Å². The molecule has 3 aromatic rings. The predicted octanol–water partition coefficient (Wildman–Crippen LogP) is 4.31. The average Bonchev–Trinajstić information content (AvgIpc) is 2.63. The summed E-state index contributed by atoms with van der Waals surface area (Å²) in [6.07, 6.45) is 0. The van der Waals surface area contributed by atoms with E-state index in [-0.39, 0.29) is 5.56 Å². The molecule has 0 bridgehead atoms. The lowest BCUT2D eigenvalue weighted by molar-refractivity contribution is 0.0697. The van der Waals surface area contributed by atoms with E-state index in [1.165, 1.54) is 12.1 Å². The van der Waals surface area contributed by atoms with Crippen LogP contribution >= 0.6 is 0 Å². The van der Waals surface area contributed by atoms with E-state index in [0.717, 1.165) is 29.7 Å². The highest BCUT2D eigenvalue weighted by atomic mass is 16.4. The number of anilines is 1. The Labute approximate surface area is 151 Å². The van der Waals surface area contributed by atoms with Crippen LogP contribution in [0.3, 0.4) is 0 Å². The number of nitrogens with zero attached hydrogens (tertiary/aromatic N) is 1. The minimum atomic E-state index is -0.997. The van der Waals surface area contributed by atoms with Gasteiger partial charge in [-0.1, -0.05) is 12.1 Å². The number of benzene rings is 2. The minimum Gasteiger partial charge on any atom is -0.478 e. The van der Waals surface area contributed by atoms with Gasteiger partial charge in [-0.05, 0) is 56.2 Å². The number of hydrogen-bond acceptors (Lipinski definition) is 4. The van der Waals surface area contributed by atoms with Gasteiger partial charge in [-0.2, -0.15) is 0 Å². The second kappa shape index (κ2) is 7.04. The van der Waals surface area contributed by atoms with Gasteiger partial charge in [0.1, 0.15) is 5.58 Å². The lowest BCUT2D eigenvalue weighted by Gasteiger charge is -2.21. The summed E-state index contributed by atoms with van der Waals surface area (Å²) >= 11 is 0. The molecule has 2 aromatic carbocycles. The molecule has 0 atom stereocenters. The number of aromatic carboxylic acids is 1. The van der Waals surface area contributed by atoms with Gasteiger partial charge in [0.2, 0.25) is 0 Å². The van der Waals surface area contributed by atoms with Gasteiger partial charge in [-0.25, -0.2) is 9.59 Å². The van der Waals surface area contributed by atoms with Gasteiger partial charge in [0.25, 0.3) is 0 Å². The van der Waals surface area contributed by atoms with Crippen LogP contribution in [0.4, 0.5) is 5.69 Å². The largest absolute Gasteiger partial charge is 0.478 e. The maximum atomic E-state index is 12.6. The van der Waals surface area contributed by atoms with Gasteiger partial charge in [0.05, 0.1) is 11.1 Å². The molecule has 134 valence electrons. The number of carbonyl (C=O) groups is 1. The molecule has 0 aliphatic carbocycles. The molecule has 26 heavy (non-hydrogen) atoms. The number of carboxylic acid groups (broad SMARTS) is 1. The molecule has 5 heteroatoms. The molecule has 0 spiro atoms. The van der Waals surface area contributed by atoms with Crippen LogP contribution in [0.25, 0.3) is 22.1 Å². The van der Waals surface area contributed by atoms with Crippen LogP contribution in [0, 0.1) is 6.92 Å². The molecule has 0 fully saturated rings. The van der Waals surface area contributed by atoms with E-state index in [2.05, 4.69) is 18.7 Å². The molecule has 0 radical (unpaired) electrons. The first-order valence-electron chi connectivity index (χ1n) is 8.62. The summed E-state index contributed by atoms with van der Waals surface area (Å²) in [5, 5.41) is 9.90. The highest BCUT2D eigenvalue weighted by Gasteiger charge is 2.15. The summed E-state index contributed by atoms with van der Waals surface area (Å²) in [5.74, 6) is -0.997. The maximum Gasteiger partial charge on any atom is 0.344 e. The van der Waals surface area contributed by atoms with Crippen molar-refractivity contribution in [3.05, 3.63) is 64.0 Å². The first kappa shape index (κ1) is 17.7. The van der Waals surface area contributed by atoms with Gasteiger partial charge < -0.3 is 14.4 Å².